The van der Waals surface area contributed by atoms with E-state index in [-0.39, 0.29) is 17.1 Å². The van der Waals surface area contributed by atoms with E-state index in [0.29, 0.717) is 19.4 Å². The van der Waals surface area contributed by atoms with Gasteiger partial charge in [-0.3, -0.25) is 14.5 Å². The van der Waals surface area contributed by atoms with Crippen LogP contribution >= 0.6 is 11.8 Å². The van der Waals surface area contributed by atoms with Gasteiger partial charge in [0.2, 0.25) is 11.8 Å². The van der Waals surface area contributed by atoms with Gasteiger partial charge in [-0.05, 0) is 12.0 Å². The number of carbonyl (C=O) groups is 2. The zero-order valence-electron chi connectivity index (χ0n) is 11.2. The molecular formula is C15H19NO2S. The van der Waals surface area contributed by atoms with Gasteiger partial charge in [0, 0.05) is 30.4 Å². The lowest BCUT2D eigenvalue weighted by Gasteiger charge is -2.16. The van der Waals surface area contributed by atoms with E-state index in [9.17, 15) is 9.59 Å². The minimum absolute atomic E-state index is 0.00902. The fourth-order valence-electron chi connectivity index (χ4n) is 2.14. The lowest BCUT2D eigenvalue weighted by Crippen LogP contribution is -2.33. The Morgan fingerprint density at radius 2 is 2.11 bits per heavy atom. The molecule has 2 rings (SSSR count). The van der Waals surface area contributed by atoms with Gasteiger partial charge in [-0.1, -0.05) is 37.3 Å². The van der Waals surface area contributed by atoms with Crippen molar-refractivity contribution in [3.05, 3.63) is 35.9 Å². The fraction of sp³-hybridized carbons (Fsp3) is 0.467. The summed E-state index contributed by atoms with van der Waals surface area (Å²) in [6.07, 6.45) is 1.79. The van der Waals surface area contributed by atoms with E-state index in [1.807, 2.05) is 25.1 Å². The van der Waals surface area contributed by atoms with Crippen LogP contribution < -0.4 is 0 Å². The molecular weight excluding hydrogens is 258 g/mol. The van der Waals surface area contributed by atoms with E-state index in [4.69, 9.17) is 0 Å². The predicted molar refractivity (Wildman–Crippen MR) is 77.8 cm³/mol. The van der Waals surface area contributed by atoms with E-state index in [1.165, 1.54) is 10.5 Å². The number of imide groups is 1. The van der Waals surface area contributed by atoms with Crippen LogP contribution in [0.5, 0.6) is 0 Å². The summed E-state index contributed by atoms with van der Waals surface area (Å²) < 4.78 is 0. The molecule has 1 saturated heterocycles. The molecule has 0 aliphatic carbocycles. The molecule has 0 saturated carbocycles. The second-order valence-electron chi connectivity index (χ2n) is 4.85. The van der Waals surface area contributed by atoms with Crippen LogP contribution in [-0.2, 0) is 15.3 Å². The van der Waals surface area contributed by atoms with Crippen molar-refractivity contribution >= 4 is 23.6 Å². The van der Waals surface area contributed by atoms with Crippen molar-refractivity contribution in [3.8, 4) is 0 Å². The van der Waals surface area contributed by atoms with Crippen molar-refractivity contribution in [2.75, 3.05) is 6.54 Å². The summed E-state index contributed by atoms with van der Waals surface area (Å²) in [6, 6.07) is 10.2. The third-order valence-corrected chi connectivity index (χ3v) is 4.45. The summed E-state index contributed by atoms with van der Waals surface area (Å²) in [6.45, 7) is 2.65. The number of nitrogens with zero attached hydrogens (tertiary/aromatic N) is 1. The highest BCUT2D eigenvalue weighted by molar-refractivity contribution is 7.99. The first-order valence-electron chi connectivity index (χ1n) is 6.65. The number of carbonyl (C=O) groups excluding carboxylic acids is 2. The van der Waals surface area contributed by atoms with Gasteiger partial charge < -0.3 is 0 Å². The maximum Gasteiger partial charge on any atom is 0.230 e. The number of amides is 2. The Morgan fingerprint density at radius 1 is 1.37 bits per heavy atom. The molecule has 1 aliphatic heterocycles. The molecule has 0 radical (unpaired) electrons. The maximum atomic E-state index is 12.0. The molecule has 2 amide bonds. The van der Waals surface area contributed by atoms with Gasteiger partial charge in [-0.2, -0.15) is 11.8 Å². The number of thioether (sulfide) groups is 1. The first kappa shape index (κ1) is 14.1. The Hall–Kier alpha value is -1.29. The molecule has 1 aromatic rings. The molecule has 19 heavy (non-hydrogen) atoms. The molecule has 1 fully saturated rings. The summed E-state index contributed by atoms with van der Waals surface area (Å²) in [7, 11) is 0. The van der Waals surface area contributed by atoms with Crippen molar-refractivity contribution in [2.24, 2.45) is 0 Å². The van der Waals surface area contributed by atoms with Crippen LogP contribution in [0.25, 0.3) is 0 Å². The zero-order valence-corrected chi connectivity index (χ0v) is 12.0. The topological polar surface area (TPSA) is 37.4 Å². The number of hydrogen-bond donors (Lipinski definition) is 0. The molecule has 3 nitrogen and oxygen atoms in total. The molecule has 0 spiro atoms. The average molecular weight is 277 g/mol. The van der Waals surface area contributed by atoms with Crippen molar-refractivity contribution in [1.29, 1.82) is 0 Å². The molecule has 1 heterocycles. The van der Waals surface area contributed by atoms with E-state index >= 15 is 0 Å². The maximum absolute atomic E-state index is 12.0. The molecule has 1 aromatic carbocycles. The van der Waals surface area contributed by atoms with Crippen LogP contribution in [0, 0.1) is 0 Å². The van der Waals surface area contributed by atoms with E-state index in [0.717, 1.165) is 12.2 Å². The monoisotopic (exact) mass is 277 g/mol. The number of rotatable bonds is 5. The summed E-state index contributed by atoms with van der Waals surface area (Å²) >= 11 is 1.76. The van der Waals surface area contributed by atoms with Gasteiger partial charge in [-0.15, -0.1) is 0 Å². The molecule has 0 bridgehead atoms. The normalized spacial score (nSPS) is 16.7. The first-order chi connectivity index (χ1) is 9.16. The van der Waals surface area contributed by atoms with Crippen LogP contribution in [-0.4, -0.2) is 28.5 Å². The van der Waals surface area contributed by atoms with Crippen LogP contribution in [0.3, 0.4) is 0 Å². The molecule has 0 aromatic heterocycles. The van der Waals surface area contributed by atoms with E-state index in [1.54, 1.807) is 11.8 Å². The molecule has 1 aliphatic rings. The molecule has 102 valence electrons. The highest BCUT2D eigenvalue weighted by Gasteiger charge is 2.27. The molecule has 0 N–H and O–H groups in total. The lowest BCUT2D eigenvalue weighted by molar-refractivity contribution is -0.141. The minimum Gasteiger partial charge on any atom is -0.283 e. The Morgan fingerprint density at radius 3 is 2.74 bits per heavy atom. The second-order valence-corrected chi connectivity index (χ2v) is 6.28. The van der Waals surface area contributed by atoms with Gasteiger partial charge in [0.15, 0.2) is 0 Å². The third kappa shape index (κ3) is 4.10. The quantitative estimate of drug-likeness (QED) is 0.830. The fourth-order valence-corrected chi connectivity index (χ4v) is 3.07. The van der Waals surface area contributed by atoms with Gasteiger partial charge in [0.25, 0.3) is 0 Å². The van der Waals surface area contributed by atoms with Gasteiger partial charge in [0.05, 0.1) is 0 Å². The van der Waals surface area contributed by atoms with Crippen molar-refractivity contribution in [1.82, 2.24) is 4.90 Å². The Labute approximate surface area is 118 Å². The van der Waals surface area contributed by atoms with Crippen molar-refractivity contribution < 1.29 is 9.59 Å². The van der Waals surface area contributed by atoms with E-state index < -0.39 is 0 Å². The Bertz CT molecular complexity index is 447. The Kier molecular flexibility index (Phi) is 5.02. The highest BCUT2D eigenvalue weighted by atomic mass is 32.2. The number of benzene rings is 1. The molecule has 4 heteroatoms. The highest BCUT2D eigenvalue weighted by Crippen LogP contribution is 2.21. The van der Waals surface area contributed by atoms with Crippen LogP contribution in [0.1, 0.15) is 31.7 Å². The summed E-state index contributed by atoms with van der Waals surface area (Å²) in [5.74, 6) is 0.879. The number of hydrogen-bond acceptors (Lipinski definition) is 3. The van der Waals surface area contributed by atoms with Crippen molar-refractivity contribution in [2.45, 2.75) is 37.2 Å². The second kappa shape index (κ2) is 6.75. The lowest BCUT2D eigenvalue weighted by atomic mass is 10.2. The van der Waals surface area contributed by atoms with Crippen molar-refractivity contribution in [3.63, 3.8) is 0 Å². The SMILES string of the molecule is C[C@H](CC(=O)N1CCCC1=O)SCc1ccccc1. The zero-order chi connectivity index (χ0) is 13.7. The van der Waals surface area contributed by atoms with Crippen LogP contribution in [0.4, 0.5) is 0 Å². The minimum atomic E-state index is -0.0180. The van der Waals surface area contributed by atoms with E-state index in [2.05, 4.69) is 12.1 Å². The van der Waals surface area contributed by atoms with Crippen LogP contribution in [0.15, 0.2) is 30.3 Å². The largest absolute Gasteiger partial charge is 0.283 e. The third-order valence-electron chi connectivity index (χ3n) is 3.21. The summed E-state index contributed by atoms with van der Waals surface area (Å²) in [4.78, 5) is 24.9. The van der Waals surface area contributed by atoms with Gasteiger partial charge >= 0.3 is 0 Å². The van der Waals surface area contributed by atoms with Gasteiger partial charge in [-0.25, -0.2) is 0 Å². The van der Waals surface area contributed by atoms with Gasteiger partial charge in [0.1, 0.15) is 0 Å². The smallest absolute Gasteiger partial charge is 0.230 e. The number of likely N-dealkylation sites (tertiary alicyclic amines) is 1. The molecule has 0 unspecified atom stereocenters. The predicted octanol–water partition coefficient (Wildman–Crippen LogP) is 2.85. The molecule has 1 atom stereocenters. The Balaban J connectivity index is 1.76. The van der Waals surface area contributed by atoms with Crippen LogP contribution in [0.2, 0.25) is 0 Å². The standard InChI is InChI=1S/C15H19NO2S/c1-12(19-11-13-6-3-2-4-7-13)10-15(18)16-9-5-8-14(16)17/h2-4,6-7,12H,5,8-11H2,1H3/t12-/m1/s1. The summed E-state index contributed by atoms with van der Waals surface area (Å²) in [5, 5.41) is 0.237. The summed E-state index contributed by atoms with van der Waals surface area (Å²) in [5.41, 5.74) is 1.27. The first-order valence-corrected chi connectivity index (χ1v) is 7.70. The average Bonchev–Trinajstić information content (AvgIpc) is 2.84.